The number of rotatable bonds is 4. The van der Waals surface area contributed by atoms with E-state index in [2.05, 4.69) is 23.4 Å². The van der Waals surface area contributed by atoms with Gasteiger partial charge in [0.25, 0.3) is 0 Å². The second-order valence-corrected chi connectivity index (χ2v) is 11.3. The summed E-state index contributed by atoms with van der Waals surface area (Å²) in [5.74, 6) is 4.33. The Morgan fingerprint density at radius 1 is 1.14 bits per heavy atom. The monoisotopic (exact) mass is 509 g/mol. The van der Waals surface area contributed by atoms with Gasteiger partial charge < -0.3 is 5.32 Å². The van der Waals surface area contributed by atoms with Gasteiger partial charge in [0.1, 0.15) is 0 Å². The van der Waals surface area contributed by atoms with Gasteiger partial charge in [0.05, 0.1) is 5.41 Å². The molecular formula is C31H34F3NO2. The van der Waals surface area contributed by atoms with E-state index in [1.807, 2.05) is 32.2 Å². The van der Waals surface area contributed by atoms with Crippen molar-refractivity contribution in [3.63, 3.8) is 0 Å². The van der Waals surface area contributed by atoms with Gasteiger partial charge >= 0.3 is 6.18 Å². The van der Waals surface area contributed by atoms with E-state index in [1.54, 1.807) is 6.92 Å². The minimum Gasteiger partial charge on any atom is -0.388 e. The number of fused-ring (bicyclic) bond motifs is 4. The second kappa shape index (κ2) is 9.19. The first-order valence-corrected chi connectivity index (χ1v) is 13.4. The van der Waals surface area contributed by atoms with Crippen LogP contribution in [-0.2, 0) is 9.59 Å². The molecule has 5 atom stereocenters. The third-order valence-corrected chi connectivity index (χ3v) is 9.75. The predicted octanol–water partition coefficient (Wildman–Crippen LogP) is 7.16. The third-order valence-electron chi connectivity index (χ3n) is 9.75. The maximum absolute atomic E-state index is 13.5. The molecule has 4 aliphatic carbocycles. The molecule has 3 nitrogen and oxygen atoms in total. The Bertz CT molecular complexity index is 1250. The number of anilines is 1. The van der Waals surface area contributed by atoms with Gasteiger partial charge in [0.2, 0.25) is 0 Å². The highest BCUT2D eigenvalue weighted by Crippen LogP contribution is 2.69. The maximum Gasteiger partial charge on any atom is 0.457 e. The number of allylic oxidation sites excluding steroid dienone is 4. The van der Waals surface area contributed by atoms with Crippen molar-refractivity contribution >= 4 is 17.3 Å². The van der Waals surface area contributed by atoms with Crippen LogP contribution in [-0.4, -0.2) is 24.8 Å². The number of hydrogen-bond donors (Lipinski definition) is 1. The number of carbonyl (C=O) groups is 2. The fourth-order valence-corrected chi connectivity index (χ4v) is 8.08. The Labute approximate surface area is 217 Å². The van der Waals surface area contributed by atoms with Gasteiger partial charge in [-0.1, -0.05) is 37.5 Å². The number of benzene rings is 1. The molecule has 0 heterocycles. The number of hydrogen-bond acceptors (Lipinski definition) is 3. The van der Waals surface area contributed by atoms with Gasteiger partial charge in [-0.25, -0.2) is 0 Å². The highest BCUT2D eigenvalue weighted by molar-refractivity contribution is 5.93. The van der Waals surface area contributed by atoms with E-state index in [0.29, 0.717) is 25.7 Å². The van der Waals surface area contributed by atoms with Crippen LogP contribution < -0.4 is 5.32 Å². The lowest BCUT2D eigenvalue weighted by Crippen LogP contribution is -2.50. The van der Waals surface area contributed by atoms with Crippen LogP contribution >= 0.6 is 0 Å². The summed E-state index contributed by atoms with van der Waals surface area (Å²) < 4.78 is 40.1. The summed E-state index contributed by atoms with van der Waals surface area (Å²) in [7, 11) is 1.86. The lowest BCUT2D eigenvalue weighted by molar-refractivity contribution is -0.132. The van der Waals surface area contributed by atoms with Crippen LogP contribution in [0.4, 0.5) is 18.9 Å². The average Bonchev–Trinajstić information content (AvgIpc) is 3.18. The quantitative estimate of drug-likeness (QED) is 0.438. The van der Waals surface area contributed by atoms with Crippen molar-refractivity contribution in [2.45, 2.75) is 77.3 Å². The first-order chi connectivity index (χ1) is 17.5. The molecule has 0 radical (unpaired) electrons. The molecule has 2 saturated carbocycles. The van der Waals surface area contributed by atoms with Gasteiger partial charge in [-0.3, -0.25) is 9.59 Å². The van der Waals surface area contributed by atoms with E-state index >= 15 is 0 Å². The normalized spacial score (nSPS) is 33.0. The number of halogens is 3. The molecule has 4 aliphatic rings. The van der Waals surface area contributed by atoms with Gasteiger partial charge in [-0.15, -0.1) is 0 Å². The summed E-state index contributed by atoms with van der Waals surface area (Å²) in [5, 5.41) is 3.15. The lowest BCUT2D eigenvalue weighted by atomic mass is 9.48. The molecule has 5 rings (SSSR count). The van der Waals surface area contributed by atoms with E-state index in [1.165, 1.54) is 17.1 Å². The zero-order chi connectivity index (χ0) is 26.6. The summed E-state index contributed by atoms with van der Waals surface area (Å²) in [5.41, 5.74) is 3.88. The number of carbonyl (C=O) groups excluding carboxylic acids is 2. The topological polar surface area (TPSA) is 46.2 Å². The van der Waals surface area contributed by atoms with E-state index < -0.39 is 17.0 Å². The van der Waals surface area contributed by atoms with Crippen LogP contribution in [0.25, 0.3) is 0 Å². The number of Topliss-reactive ketones (excluding diaryl/α,β-unsaturated/α-hetero) is 1. The first kappa shape index (κ1) is 25.8. The van der Waals surface area contributed by atoms with E-state index in [-0.39, 0.29) is 35.7 Å². The zero-order valence-corrected chi connectivity index (χ0v) is 21.7. The first-order valence-electron chi connectivity index (χ1n) is 13.4. The number of nitrogens with one attached hydrogen (secondary N) is 1. The largest absolute Gasteiger partial charge is 0.457 e. The molecule has 37 heavy (non-hydrogen) atoms. The molecule has 0 bridgehead atoms. The fraction of sp³-hybridized carbons (Fsp3) is 0.548. The molecule has 0 spiro atoms. The standard InChI is InChI=1S/C31H34F3NO2/c1-4-27(37)30(15-16-31(32,33)34)14-13-26-24-11-7-20-17-22(36)10-12-23(20)28(24)25(18-29(26,30)2)19-5-8-21(35-3)9-6-19/h5-6,8-9,17,24-26,35H,4,7,10-14,18H2,1-3H3/t24-,25+,26-,29-,30+/m0/s1. The van der Waals surface area contributed by atoms with Crippen LogP contribution in [0.1, 0.15) is 76.7 Å². The minimum atomic E-state index is -4.64. The van der Waals surface area contributed by atoms with E-state index in [0.717, 1.165) is 36.1 Å². The van der Waals surface area contributed by atoms with E-state index in [9.17, 15) is 22.8 Å². The molecular weight excluding hydrogens is 475 g/mol. The van der Waals surface area contributed by atoms with Crippen LogP contribution in [0, 0.1) is 34.5 Å². The van der Waals surface area contributed by atoms with Gasteiger partial charge in [-0.2, -0.15) is 13.2 Å². The maximum atomic E-state index is 13.5. The molecule has 1 N–H and O–H groups in total. The molecule has 196 valence electrons. The Kier molecular flexibility index (Phi) is 6.41. The highest BCUT2D eigenvalue weighted by Gasteiger charge is 2.65. The Morgan fingerprint density at radius 2 is 1.86 bits per heavy atom. The van der Waals surface area contributed by atoms with Crippen molar-refractivity contribution in [1.29, 1.82) is 0 Å². The minimum absolute atomic E-state index is 0.0288. The SMILES string of the molecule is CCC(=O)[C@]1(C#CC(F)(F)F)CC[C@H]2[C@@H]3CCC4=CC(=O)CCC4=C3[C@@H](c3ccc(NC)cc3)C[C@@]21C. The van der Waals surface area contributed by atoms with Crippen molar-refractivity contribution in [2.75, 3.05) is 12.4 Å². The van der Waals surface area contributed by atoms with Crippen LogP contribution in [0.15, 0.2) is 47.1 Å². The van der Waals surface area contributed by atoms with Crippen molar-refractivity contribution in [3.8, 4) is 11.8 Å². The molecule has 0 amide bonds. The zero-order valence-electron chi connectivity index (χ0n) is 21.7. The van der Waals surface area contributed by atoms with Crippen LogP contribution in [0.2, 0.25) is 0 Å². The van der Waals surface area contributed by atoms with Gasteiger partial charge in [0.15, 0.2) is 11.6 Å². The summed E-state index contributed by atoms with van der Waals surface area (Å²) >= 11 is 0. The number of alkyl halides is 3. The summed E-state index contributed by atoms with van der Waals surface area (Å²) in [6.45, 7) is 3.77. The van der Waals surface area contributed by atoms with Crippen molar-refractivity contribution < 1.29 is 22.8 Å². The predicted molar refractivity (Wildman–Crippen MR) is 138 cm³/mol. The molecule has 1 aromatic rings. The Balaban J connectivity index is 1.70. The third kappa shape index (κ3) is 4.15. The van der Waals surface area contributed by atoms with Crippen LogP contribution in [0.5, 0.6) is 0 Å². The van der Waals surface area contributed by atoms with Crippen molar-refractivity contribution in [1.82, 2.24) is 0 Å². The average molecular weight is 510 g/mol. The van der Waals surface area contributed by atoms with E-state index in [4.69, 9.17) is 0 Å². The smallest absolute Gasteiger partial charge is 0.388 e. The van der Waals surface area contributed by atoms with Crippen molar-refractivity contribution in [3.05, 3.63) is 52.6 Å². The van der Waals surface area contributed by atoms with Gasteiger partial charge in [0, 0.05) is 37.4 Å². The van der Waals surface area contributed by atoms with Crippen LogP contribution in [0.3, 0.4) is 0 Å². The summed E-state index contributed by atoms with van der Waals surface area (Å²) in [4.78, 5) is 25.8. The fourth-order valence-electron chi connectivity index (χ4n) is 8.08. The molecule has 2 fully saturated rings. The summed E-state index contributed by atoms with van der Waals surface area (Å²) in [6.07, 6.45) is 1.85. The highest BCUT2D eigenvalue weighted by atomic mass is 19.4. The van der Waals surface area contributed by atoms with Gasteiger partial charge in [-0.05, 0) is 90.7 Å². The molecule has 0 aliphatic heterocycles. The van der Waals surface area contributed by atoms with Crippen molar-refractivity contribution in [2.24, 2.45) is 22.7 Å². The lowest BCUT2D eigenvalue weighted by Gasteiger charge is -2.54. The number of ketones is 2. The molecule has 0 unspecified atom stereocenters. The second-order valence-electron chi connectivity index (χ2n) is 11.3. The Hall–Kier alpha value is -2.81. The molecule has 6 heteroatoms. The Morgan fingerprint density at radius 3 is 2.51 bits per heavy atom. The molecule has 0 aromatic heterocycles. The molecule has 1 aromatic carbocycles. The molecule has 0 saturated heterocycles. The summed E-state index contributed by atoms with van der Waals surface area (Å²) in [6, 6.07) is 8.24.